The quantitative estimate of drug-likeness (QED) is 0.855. The van der Waals surface area contributed by atoms with Gasteiger partial charge >= 0.3 is 0 Å². The van der Waals surface area contributed by atoms with Gasteiger partial charge in [0.1, 0.15) is 5.76 Å². The van der Waals surface area contributed by atoms with Gasteiger partial charge in [0.05, 0.1) is 24.3 Å². The van der Waals surface area contributed by atoms with E-state index in [2.05, 4.69) is 17.2 Å². The van der Waals surface area contributed by atoms with Crippen LogP contribution in [0, 0.1) is 0 Å². The molecular formula is C13H20N2O2. The maximum Gasteiger partial charge on any atom is 0.211 e. The van der Waals surface area contributed by atoms with E-state index in [4.69, 9.17) is 9.15 Å². The molecule has 4 nitrogen and oxygen atoms in total. The Morgan fingerprint density at radius 1 is 1.47 bits per heavy atom. The van der Waals surface area contributed by atoms with E-state index in [1.165, 1.54) is 12.8 Å². The molecule has 94 valence electrons. The summed E-state index contributed by atoms with van der Waals surface area (Å²) in [7, 11) is 0. The highest BCUT2D eigenvalue weighted by atomic mass is 16.5. The molecule has 1 aromatic rings. The number of oxazole rings is 1. The second-order valence-electron chi connectivity index (χ2n) is 5.43. The van der Waals surface area contributed by atoms with E-state index in [9.17, 15) is 0 Å². The van der Waals surface area contributed by atoms with E-state index >= 15 is 0 Å². The molecule has 2 aliphatic rings. The van der Waals surface area contributed by atoms with Gasteiger partial charge in [0.25, 0.3) is 0 Å². The molecule has 2 aliphatic heterocycles. The van der Waals surface area contributed by atoms with Gasteiger partial charge < -0.3 is 14.5 Å². The Morgan fingerprint density at radius 2 is 2.41 bits per heavy atom. The van der Waals surface area contributed by atoms with Crippen LogP contribution in [0.5, 0.6) is 0 Å². The maximum atomic E-state index is 5.96. The number of aromatic nitrogens is 1. The summed E-state index contributed by atoms with van der Waals surface area (Å²) in [5.41, 5.74) is 0.0277. The van der Waals surface area contributed by atoms with Gasteiger partial charge in [-0.25, -0.2) is 4.98 Å². The number of hydrogen-bond acceptors (Lipinski definition) is 4. The van der Waals surface area contributed by atoms with Crippen LogP contribution in [-0.4, -0.2) is 24.7 Å². The molecule has 0 aromatic carbocycles. The second kappa shape index (κ2) is 4.42. The Labute approximate surface area is 102 Å². The van der Waals surface area contributed by atoms with Crippen molar-refractivity contribution in [3.8, 4) is 0 Å². The minimum Gasteiger partial charge on any atom is -0.443 e. The fraction of sp³-hybridized carbons (Fsp3) is 0.769. The maximum absolute atomic E-state index is 5.96. The summed E-state index contributed by atoms with van der Waals surface area (Å²) in [4.78, 5) is 4.44. The zero-order valence-corrected chi connectivity index (χ0v) is 10.4. The number of hydrogen-bond donors (Lipinski definition) is 1. The monoisotopic (exact) mass is 236 g/mol. The summed E-state index contributed by atoms with van der Waals surface area (Å²) < 4.78 is 11.4. The topological polar surface area (TPSA) is 47.3 Å². The van der Waals surface area contributed by atoms with E-state index < -0.39 is 0 Å². The third kappa shape index (κ3) is 2.11. The van der Waals surface area contributed by atoms with Crippen molar-refractivity contribution in [2.45, 2.75) is 44.1 Å². The van der Waals surface area contributed by atoms with Crippen LogP contribution in [-0.2, 0) is 10.2 Å². The van der Waals surface area contributed by atoms with Crippen molar-refractivity contribution in [2.24, 2.45) is 0 Å². The summed E-state index contributed by atoms with van der Waals surface area (Å²) in [6.07, 6.45) is 6.57. The molecule has 0 amide bonds. The minimum atomic E-state index is 0.0277. The third-order valence-electron chi connectivity index (χ3n) is 3.95. The van der Waals surface area contributed by atoms with E-state index in [1.807, 2.05) is 6.20 Å². The highest BCUT2D eigenvalue weighted by Crippen LogP contribution is 2.34. The molecule has 2 unspecified atom stereocenters. The summed E-state index contributed by atoms with van der Waals surface area (Å²) in [5, 5.41) is 3.46. The van der Waals surface area contributed by atoms with Crippen LogP contribution < -0.4 is 5.32 Å². The van der Waals surface area contributed by atoms with Crippen LogP contribution in [0.3, 0.4) is 0 Å². The smallest absolute Gasteiger partial charge is 0.211 e. The highest BCUT2D eigenvalue weighted by molar-refractivity contribution is 5.13. The Balaban J connectivity index is 1.77. The van der Waals surface area contributed by atoms with Gasteiger partial charge in [-0.05, 0) is 25.8 Å². The zero-order chi connectivity index (χ0) is 11.7. The van der Waals surface area contributed by atoms with Gasteiger partial charge in [0.2, 0.25) is 5.89 Å². The first-order chi connectivity index (χ1) is 8.28. The van der Waals surface area contributed by atoms with Gasteiger partial charge in [-0.3, -0.25) is 0 Å². The Bertz CT molecular complexity index is 377. The normalized spacial score (nSPS) is 34.1. The van der Waals surface area contributed by atoms with E-state index in [-0.39, 0.29) is 5.41 Å². The van der Waals surface area contributed by atoms with Crippen LogP contribution in [0.2, 0.25) is 0 Å². The molecule has 0 aliphatic carbocycles. The number of nitrogens with one attached hydrogen (secondary N) is 1. The van der Waals surface area contributed by atoms with Crippen molar-refractivity contribution < 1.29 is 9.15 Å². The molecule has 0 bridgehead atoms. The zero-order valence-electron chi connectivity index (χ0n) is 10.4. The van der Waals surface area contributed by atoms with Crippen LogP contribution in [0.15, 0.2) is 10.6 Å². The third-order valence-corrected chi connectivity index (χ3v) is 3.95. The van der Waals surface area contributed by atoms with Gasteiger partial charge in [0.15, 0.2) is 0 Å². The Hall–Kier alpha value is -0.870. The fourth-order valence-corrected chi connectivity index (χ4v) is 2.65. The summed E-state index contributed by atoms with van der Waals surface area (Å²) >= 11 is 0. The van der Waals surface area contributed by atoms with Crippen molar-refractivity contribution in [3.63, 3.8) is 0 Å². The minimum absolute atomic E-state index is 0.0277. The molecule has 1 N–H and O–H groups in total. The van der Waals surface area contributed by atoms with Crippen LogP contribution >= 0.6 is 0 Å². The summed E-state index contributed by atoms with van der Waals surface area (Å²) in [6, 6.07) is 0.309. The van der Waals surface area contributed by atoms with Crippen molar-refractivity contribution in [2.75, 3.05) is 19.8 Å². The molecular weight excluding hydrogens is 216 g/mol. The molecule has 0 radical (unpaired) electrons. The van der Waals surface area contributed by atoms with Crippen LogP contribution in [0.25, 0.3) is 0 Å². The van der Waals surface area contributed by atoms with Crippen LogP contribution in [0.4, 0.5) is 0 Å². The molecule has 2 fully saturated rings. The Morgan fingerprint density at radius 3 is 3.12 bits per heavy atom. The van der Waals surface area contributed by atoms with Crippen molar-refractivity contribution in [1.82, 2.24) is 10.3 Å². The molecule has 4 heteroatoms. The van der Waals surface area contributed by atoms with Crippen molar-refractivity contribution >= 4 is 0 Å². The van der Waals surface area contributed by atoms with E-state index in [1.54, 1.807) is 0 Å². The Kier molecular flexibility index (Phi) is 2.92. The first-order valence-corrected chi connectivity index (χ1v) is 6.55. The summed E-state index contributed by atoms with van der Waals surface area (Å²) in [6.45, 7) is 4.84. The number of ether oxygens (including phenoxy) is 1. The summed E-state index contributed by atoms with van der Waals surface area (Å²) in [5.74, 6) is 1.84. The lowest BCUT2D eigenvalue weighted by atomic mass is 9.88. The lowest BCUT2D eigenvalue weighted by Gasteiger charge is -2.21. The van der Waals surface area contributed by atoms with E-state index in [0.29, 0.717) is 6.04 Å². The standard InChI is InChI=1S/C13H20N2O2/c1-13(5-7-16-9-13)11-8-15-12(17-11)10-4-2-3-6-14-10/h8,10,14H,2-7,9H2,1H3. The van der Waals surface area contributed by atoms with Gasteiger partial charge in [0, 0.05) is 6.61 Å². The van der Waals surface area contributed by atoms with Crippen molar-refractivity contribution in [3.05, 3.63) is 17.8 Å². The van der Waals surface area contributed by atoms with Gasteiger partial charge in [-0.2, -0.15) is 0 Å². The average molecular weight is 236 g/mol. The van der Waals surface area contributed by atoms with Gasteiger partial charge in [-0.1, -0.05) is 13.3 Å². The van der Waals surface area contributed by atoms with Crippen molar-refractivity contribution in [1.29, 1.82) is 0 Å². The first-order valence-electron chi connectivity index (χ1n) is 6.55. The van der Waals surface area contributed by atoms with Gasteiger partial charge in [-0.15, -0.1) is 0 Å². The number of piperidine rings is 1. The average Bonchev–Trinajstić information content (AvgIpc) is 2.99. The SMILES string of the molecule is CC1(c2cnc(C3CCCCN3)o2)CCOC1. The molecule has 3 heterocycles. The predicted octanol–water partition coefficient (Wildman–Crippen LogP) is 2.17. The lowest BCUT2D eigenvalue weighted by Crippen LogP contribution is -2.27. The molecule has 3 rings (SSSR count). The molecule has 17 heavy (non-hydrogen) atoms. The largest absolute Gasteiger partial charge is 0.443 e. The number of nitrogens with zero attached hydrogens (tertiary/aromatic N) is 1. The molecule has 0 saturated carbocycles. The molecule has 2 atom stereocenters. The lowest BCUT2D eigenvalue weighted by molar-refractivity contribution is 0.173. The number of rotatable bonds is 2. The predicted molar refractivity (Wildman–Crippen MR) is 63.9 cm³/mol. The fourth-order valence-electron chi connectivity index (χ4n) is 2.65. The molecule has 2 saturated heterocycles. The molecule has 1 aromatic heterocycles. The van der Waals surface area contributed by atoms with Crippen LogP contribution in [0.1, 0.15) is 50.3 Å². The first kappa shape index (κ1) is 11.2. The van der Waals surface area contributed by atoms with E-state index in [0.717, 1.165) is 44.3 Å². The highest BCUT2D eigenvalue weighted by Gasteiger charge is 2.36. The second-order valence-corrected chi connectivity index (χ2v) is 5.43. The molecule has 0 spiro atoms.